The molecule has 1 aromatic heterocycles. The zero-order valence-corrected chi connectivity index (χ0v) is 17.2. The van der Waals surface area contributed by atoms with Gasteiger partial charge in [0.1, 0.15) is 5.76 Å². The minimum absolute atomic E-state index is 0.147. The van der Waals surface area contributed by atoms with Crippen LogP contribution in [0.3, 0.4) is 0 Å². The molecule has 1 aromatic carbocycles. The summed E-state index contributed by atoms with van der Waals surface area (Å²) in [6.07, 6.45) is 6.80. The van der Waals surface area contributed by atoms with Gasteiger partial charge in [-0.1, -0.05) is 56.4 Å². The number of nitrogens with zero attached hydrogens (tertiary/aromatic N) is 2. The maximum absolute atomic E-state index is 13.1. The van der Waals surface area contributed by atoms with E-state index in [1.54, 1.807) is 48.6 Å². The number of sulfonamides is 1. The van der Waals surface area contributed by atoms with E-state index in [4.69, 9.17) is 10.2 Å². The van der Waals surface area contributed by atoms with Crippen LogP contribution in [0, 0.1) is 6.92 Å². The monoisotopic (exact) mass is 399 g/mol. The summed E-state index contributed by atoms with van der Waals surface area (Å²) in [5.41, 5.74) is 7.48. The van der Waals surface area contributed by atoms with Gasteiger partial charge in [0.15, 0.2) is 0 Å². The first-order valence-electron chi connectivity index (χ1n) is 8.97. The standard InChI is InChI=1S/C21H25N3O3S/c1-5-6-7-8-17(22)20-23-18-13-24(14-21(3,4)19(18)27-20)28(25,26)16-11-9-15(2)10-12-16/h5-12H,1,13-14,22H2,2-4H3/b7-6-,17-8-. The number of aromatic nitrogens is 1. The highest BCUT2D eigenvalue weighted by Crippen LogP contribution is 2.37. The van der Waals surface area contributed by atoms with Gasteiger partial charge >= 0.3 is 0 Å². The van der Waals surface area contributed by atoms with E-state index in [-0.39, 0.29) is 11.4 Å². The molecule has 0 radical (unpaired) electrons. The van der Waals surface area contributed by atoms with Gasteiger partial charge in [-0.2, -0.15) is 4.31 Å². The summed E-state index contributed by atoms with van der Waals surface area (Å²) in [5, 5.41) is 0. The summed E-state index contributed by atoms with van der Waals surface area (Å²) in [6.45, 7) is 9.85. The van der Waals surface area contributed by atoms with Crippen molar-refractivity contribution in [2.75, 3.05) is 6.54 Å². The molecular formula is C21H25N3O3S. The van der Waals surface area contributed by atoms with Crippen LogP contribution in [0.1, 0.15) is 36.8 Å². The molecule has 0 unspecified atom stereocenters. The summed E-state index contributed by atoms with van der Waals surface area (Å²) < 4.78 is 33.6. The summed E-state index contributed by atoms with van der Waals surface area (Å²) in [4.78, 5) is 4.74. The van der Waals surface area contributed by atoms with E-state index < -0.39 is 15.4 Å². The van der Waals surface area contributed by atoms with Gasteiger partial charge in [0.05, 0.1) is 22.8 Å². The second-order valence-electron chi connectivity index (χ2n) is 7.51. The van der Waals surface area contributed by atoms with Gasteiger partial charge < -0.3 is 10.2 Å². The van der Waals surface area contributed by atoms with Crippen LogP contribution in [0.2, 0.25) is 0 Å². The van der Waals surface area contributed by atoms with Gasteiger partial charge in [0.25, 0.3) is 0 Å². The molecule has 2 N–H and O–H groups in total. The van der Waals surface area contributed by atoms with E-state index in [2.05, 4.69) is 11.6 Å². The molecule has 2 aromatic rings. The minimum Gasteiger partial charge on any atom is -0.439 e. The quantitative estimate of drug-likeness (QED) is 0.777. The molecule has 0 spiro atoms. The maximum Gasteiger partial charge on any atom is 0.243 e. The summed E-state index contributed by atoms with van der Waals surface area (Å²) >= 11 is 0. The maximum atomic E-state index is 13.1. The average molecular weight is 400 g/mol. The molecule has 0 saturated heterocycles. The SMILES string of the molecule is C=C/C=C\C=C(/N)c1nc2c(o1)C(C)(C)CN(S(=O)(=O)c1ccc(C)cc1)C2. The van der Waals surface area contributed by atoms with Gasteiger partial charge in [-0.05, 0) is 25.1 Å². The Morgan fingerprint density at radius 2 is 1.96 bits per heavy atom. The van der Waals surface area contributed by atoms with Crippen molar-refractivity contribution < 1.29 is 12.8 Å². The molecule has 0 bridgehead atoms. The zero-order chi connectivity index (χ0) is 20.5. The third kappa shape index (κ3) is 3.81. The van der Waals surface area contributed by atoms with Crippen molar-refractivity contribution in [3.05, 3.63) is 78.1 Å². The van der Waals surface area contributed by atoms with Crippen LogP contribution in [0.25, 0.3) is 5.70 Å². The zero-order valence-electron chi connectivity index (χ0n) is 16.3. The normalized spacial score (nSPS) is 17.6. The largest absolute Gasteiger partial charge is 0.439 e. The second-order valence-corrected chi connectivity index (χ2v) is 9.45. The van der Waals surface area contributed by atoms with Crippen molar-refractivity contribution in [1.82, 2.24) is 9.29 Å². The van der Waals surface area contributed by atoms with Crippen LogP contribution in [0.4, 0.5) is 0 Å². The fourth-order valence-corrected chi connectivity index (χ4v) is 4.75. The van der Waals surface area contributed by atoms with Crippen molar-refractivity contribution in [3.8, 4) is 0 Å². The molecule has 28 heavy (non-hydrogen) atoms. The number of rotatable bonds is 5. The van der Waals surface area contributed by atoms with Crippen molar-refractivity contribution >= 4 is 15.7 Å². The molecule has 1 aliphatic heterocycles. The molecule has 3 rings (SSSR count). The minimum atomic E-state index is -3.64. The molecule has 2 heterocycles. The van der Waals surface area contributed by atoms with Crippen molar-refractivity contribution in [3.63, 3.8) is 0 Å². The Hall–Kier alpha value is -2.64. The van der Waals surface area contributed by atoms with Crippen molar-refractivity contribution in [1.29, 1.82) is 0 Å². The first-order valence-corrected chi connectivity index (χ1v) is 10.4. The molecular weight excluding hydrogens is 374 g/mol. The molecule has 0 amide bonds. The van der Waals surface area contributed by atoms with Crippen molar-refractivity contribution in [2.24, 2.45) is 5.73 Å². The van der Waals surface area contributed by atoms with Crippen LogP contribution in [-0.4, -0.2) is 24.3 Å². The lowest BCUT2D eigenvalue weighted by molar-refractivity contribution is 0.257. The van der Waals surface area contributed by atoms with Gasteiger partial charge in [0, 0.05) is 12.0 Å². The summed E-state index contributed by atoms with van der Waals surface area (Å²) in [6, 6.07) is 6.86. The number of benzene rings is 1. The molecule has 0 saturated carbocycles. The summed E-state index contributed by atoms with van der Waals surface area (Å²) in [5.74, 6) is 0.961. The summed E-state index contributed by atoms with van der Waals surface area (Å²) in [7, 11) is -3.64. The van der Waals surface area contributed by atoms with Gasteiger partial charge in [-0.25, -0.2) is 13.4 Å². The Balaban J connectivity index is 1.96. The number of hydrogen-bond acceptors (Lipinski definition) is 5. The topological polar surface area (TPSA) is 89.4 Å². The van der Waals surface area contributed by atoms with Crippen LogP contribution in [0.5, 0.6) is 0 Å². The van der Waals surface area contributed by atoms with E-state index >= 15 is 0 Å². The predicted molar refractivity (Wildman–Crippen MR) is 110 cm³/mol. The number of nitrogens with two attached hydrogens (primary N) is 1. The fraction of sp³-hybridized carbons (Fsp3) is 0.286. The number of oxazole rings is 1. The van der Waals surface area contributed by atoms with Crippen LogP contribution >= 0.6 is 0 Å². The molecule has 7 heteroatoms. The molecule has 6 nitrogen and oxygen atoms in total. The van der Waals surface area contributed by atoms with E-state index in [0.29, 0.717) is 29.6 Å². The van der Waals surface area contributed by atoms with Gasteiger partial charge in [-0.3, -0.25) is 0 Å². The Morgan fingerprint density at radius 3 is 2.61 bits per heavy atom. The Labute approximate surface area is 166 Å². The number of hydrogen-bond donors (Lipinski definition) is 1. The first-order chi connectivity index (χ1) is 13.1. The lowest BCUT2D eigenvalue weighted by Gasteiger charge is -2.35. The van der Waals surface area contributed by atoms with E-state index in [9.17, 15) is 8.42 Å². The van der Waals surface area contributed by atoms with Gasteiger partial charge in [0.2, 0.25) is 15.9 Å². The Morgan fingerprint density at radius 1 is 1.29 bits per heavy atom. The highest BCUT2D eigenvalue weighted by Gasteiger charge is 2.41. The third-order valence-corrected chi connectivity index (χ3v) is 6.44. The van der Waals surface area contributed by atoms with Crippen LogP contribution in [-0.2, 0) is 22.0 Å². The average Bonchev–Trinajstić information content (AvgIpc) is 3.07. The van der Waals surface area contributed by atoms with Gasteiger partial charge in [-0.15, -0.1) is 0 Å². The van der Waals surface area contributed by atoms with E-state index in [1.807, 2.05) is 20.8 Å². The molecule has 1 aliphatic rings. The molecule has 0 atom stereocenters. The van der Waals surface area contributed by atoms with Crippen LogP contribution in [0.15, 0.2) is 64.5 Å². The Kier molecular flexibility index (Phi) is 5.32. The fourth-order valence-electron chi connectivity index (χ4n) is 3.19. The molecule has 0 aliphatic carbocycles. The smallest absolute Gasteiger partial charge is 0.243 e. The predicted octanol–water partition coefficient (Wildman–Crippen LogP) is 3.51. The highest BCUT2D eigenvalue weighted by molar-refractivity contribution is 7.89. The third-order valence-electron chi connectivity index (χ3n) is 4.64. The van der Waals surface area contributed by atoms with Crippen molar-refractivity contribution in [2.45, 2.75) is 37.6 Å². The number of fused-ring (bicyclic) bond motifs is 1. The Bertz CT molecular complexity index is 1050. The highest BCUT2D eigenvalue weighted by atomic mass is 32.2. The number of allylic oxidation sites excluding steroid dienone is 4. The lowest BCUT2D eigenvalue weighted by atomic mass is 9.86. The first kappa shape index (κ1) is 20.1. The lowest BCUT2D eigenvalue weighted by Crippen LogP contribution is -2.44. The van der Waals surface area contributed by atoms with E-state index in [1.165, 1.54) is 4.31 Å². The molecule has 148 valence electrons. The second kappa shape index (κ2) is 7.41. The molecule has 0 fully saturated rings. The van der Waals surface area contributed by atoms with E-state index in [0.717, 1.165) is 5.56 Å². The number of aryl methyl sites for hydroxylation is 1. The van der Waals surface area contributed by atoms with Crippen LogP contribution < -0.4 is 5.73 Å².